The van der Waals surface area contributed by atoms with E-state index in [1.54, 1.807) is 44.0 Å². The number of carbonyl (C=O) groups is 1. The zero-order valence-electron chi connectivity index (χ0n) is 24.9. The minimum Gasteiger partial charge on any atom is -0.444 e. The summed E-state index contributed by atoms with van der Waals surface area (Å²) in [4.78, 5) is 30.6. The van der Waals surface area contributed by atoms with Gasteiger partial charge in [-0.05, 0) is 58.0 Å². The summed E-state index contributed by atoms with van der Waals surface area (Å²) in [6.45, 7) is 8.39. The van der Waals surface area contributed by atoms with Crippen molar-refractivity contribution in [2.45, 2.75) is 57.9 Å². The van der Waals surface area contributed by atoms with Crippen molar-refractivity contribution in [1.29, 1.82) is 0 Å². The molecule has 5 rings (SSSR count). The van der Waals surface area contributed by atoms with Crippen LogP contribution >= 0.6 is 11.3 Å². The Morgan fingerprint density at radius 1 is 1.05 bits per heavy atom. The predicted octanol–water partition coefficient (Wildman–Crippen LogP) is 7.66. The smallest absolute Gasteiger partial charge is 0.416 e. The first-order chi connectivity index (χ1) is 20.8. The SMILES string of the molecule is CCN(c1ccccc1)c1nccc(-c2sc(C3(O)CCN(C(=O)OC(C)(C)C)CC3)nc2-c2cccc(C(F)(F)F)c2)n1. The molecule has 0 unspecified atom stereocenters. The zero-order chi connectivity index (χ0) is 31.7. The Balaban J connectivity index is 1.55. The lowest BCUT2D eigenvalue weighted by Gasteiger charge is -2.37. The Hall–Kier alpha value is -4.03. The zero-order valence-corrected chi connectivity index (χ0v) is 25.7. The van der Waals surface area contributed by atoms with Gasteiger partial charge in [0.25, 0.3) is 0 Å². The first-order valence-electron chi connectivity index (χ1n) is 14.3. The molecule has 232 valence electrons. The number of benzene rings is 2. The van der Waals surface area contributed by atoms with Gasteiger partial charge in [0.15, 0.2) is 0 Å². The van der Waals surface area contributed by atoms with Gasteiger partial charge in [-0.2, -0.15) is 13.2 Å². The number of alkyl halides is 3. The summed E-state index contributed by atoms with van der Waals surface area (Å²) >= 11 is 1.18. The third kappa shape index (κ3) is 6.86. The van der Waals surface area contributed by atoms with Crippen LogP contribution in [0.25, 0.3) is 21.8 Å². The summed E-state index contributed by atoms with van der Waals surface area (Å²) in [6, 6.07) is 16.3. The average Bonchev–Trinajstić information content (AvgIpc) is 3.44. The maximum absolute atomic E-state index is 13.7. The number of likely N-dealkylation sites (tertiary alicyclic amines) is 1. The molecule has 12 heteroatoms. The van der Waals surface area contributed by atoms with Gasteiger partial charge in [0, 0.05) is 49.9 Å². The van der Waals surface area contributed by atoms with E-state index in [-0.39, 0.29) is 37.2 Å². The monoisotopic (exact) mass is 625 g/mol. The number of para-hydroxylation sites is 1. The van der Waals surface area contributed by atoms with Crippen LogP contribution in [0.5, 0.6) is 0 Å². The quantitative estimate of drug-likeness (QED) is 0.235. The number of piperidine rings is 1. The number of nitrogens with zero attached hydrogens (tertiary/aromatic N) is 5. The third-order valence-corrected chi connectivity index (χ3v) is 8.50. The summed E-state index contributed by atoms with van der Waals surface area (Å²) < 4.78 is 46.5. The lowest BCUT2D eigenvalue weighted by Crippen LogP contribution is -2.46. The second kappa shape index (κ2) is 12.2. The number of amides is 1. The number of rotatable bonds is 6. The molecule has 0 aliphatic carbocycles. The van der Waals surface area contributed by atoms with Gasteiger partial charge in [0.1, 0.15) is 16.2 Å². The molecule has 0 bridgehead atoms. The van der Waals surface area contributed by atoms with Gasteiger partial charge in [0.05, 0.1) is 21.8 Å². The Morgan fingerprint density at radius 2 is 1.75 bits per heavy atom. The summed E-state index contributed by atoms with van der Waals surface area (Å²) in [5.74, 6) is 0.422. The van der Waals surface area contributed by atoms with Crippen molar-refractivity contribution in [3.63, 3.8) is 0 Å². The van der Waals surface area contributed by atoms with E-state index in [1.807, 2.05) is 42.2 Å². The standard InChI is InChI=1S/C32H34F3N5O3S/c1-5-40(23-12-7-6-8-13-23)28-36-17-14-24(37-28)26-25(21-10-9-11-22(20-21)32(33,34)35)38-27(44-26)31(42)15-18-39(19-16-31)29(41)43-30(2,3)4/h6-14,17,20,42H,5,15-16,18-19H2,1-4H3. The number of aromatic nitrogens is 3. The van der Waals surface area contributed by atoms with E-state index in [0.29, 0.717) is 28.1 Å². The highest BCUT2D eigenvalue weighted by Gasteiger charge is 2.40. The average molecular weight is 626 g/mol. The molecule has 1 amide bonds. The summed E-state index contributed by atoms with van der Waals surface area (Å²) in [5, 5.41) is 12.1. The van der Waals surface area contributed by atoms with E-state index < -0.39 is 29.0 Å². The van der Waals surface area contributed by atoms with Crippen LogP contribution in [0.1, 0.15) is 51.1 Å². The number of halogens is 3. The molecule has 3 heterocycles. The Labute approximate surface area is 258 Å². The molecule has 44 heavy (non-hydrogen) atoms. The number of anilines is 2. The Morgan fingerprint density at radius 3 is 2.39 bits per heavy atom. The molecule has 2 aromatic carbocycles. The fourth-order valence-electron chi connectivity index (χ4n) is 4.98. The molecule has 0 saturated carbocycles. The second-order valence-electron chi connectivity index (χ2n) is 11.6. The lowest BCUT2D eigenvalue weighted by atomic mass is 9.92. The highest BCUT2D eigenvalue weighted by atomic mass is 32.1. The van der Waals surface area contributed by atoms with Gasteiger partial charge >= 0.3 is 12.3 Å². The fourth-order valence-corrected chi connectivity index (χ4v) is 6.19. The van der Waals surface area contributed by atoms with Crippen LogP contribution in [0.4, 0.5) is 29.6 Å². The minimum atomic E-state index is -4.54. The predicted molar refractivity (Wildman–Crippen MR) is 164 cm³/mol. The number of hydrogen-bond donors (Lipinski definition) is 1. The van der Waals surface area contributed by atoms with E-state index in [1.165, 1.54) is 17.4 Å². The maximum atomic E-state index is 13.7. The molecule has 4 aromatic rings. The van der Waals surface area contributed by atoms with Gasteiger partial charge in [-0.25, -0.2) is 19.7 Å². The van der Waals surface area contributed by atoms with Crippen LogP contribution < -0.4 is 4.90 Å². The molecule has 0 radical (unpaired) electrons. The van der Waals surface area contributed by atoms with Crippen LogP contribution in [-0.4, -0.2) is 56.3 Å². The molecule has 0 atom stereocenters. The largest absolute Gasteiger partial charge is 0.444 e. The number of aliphatic hydroxyl groups is 1. The number of ether oxygens (including phenoxy) is 1. The summed E-state index contributed by atoms with van der Waals surface area (Å²) in [7, 11) is 0. The summed E-state index contributed by atoms with van der Waals surface area (Å²) in [6.07, 6.45) is -3.02. The Bertz CT molecular complexity index is 1610. The first-order valence-corrected chi connectivity index (χ1v) is 15.1. The van der Waals surface area contributed by atoms with Crippen molar-refractivity contribution in [3.8, 4) is 21.8 Å². The third-order valence-electron chi connectivity index (χ3n) is 7.23. The molecular formula is C32H34F3N5O3S. The van der Waals surface area contributed by atoms with Crippen molar-refractivity contribution >= 4 is 29.1 Å². The lowest BCUT2D eigenvalue weighted by molar-refractivity contribution is -0.137. The fraction of sp³-hybridized carbons (Fsp3) is 0.375. The van der Waals surface area contributed by atoms with Crippen molar-refractivity contribution in [2.24, 2.45) is 0 Å². The first kappa shape index (κ1) is 31.4. The molecule has 1 saturated heterocycles. The second-order valence-corrected chi connectivity index (χ2v) is 12.6. The summed E-state index contributed by atoms with van der Waals surface area (Å²) in [5.41, 5.74) is -0.956. The van der Waals surface area contributed by atoms with E-state index in [9.17, 15) is 23.1 Å². The van der Waals surface area contributed by atoms with Crippen molar-refractivity contribution in [2.75, 3.05) is 24.5 Å². The molecule has 8 nitrogen and oxygen atoms in total. The molecule has 0 spiro atoms. The van der Waals surface area contributed by atoms with Gasteiger partial charge in [-0.1, -0.05) is 30.3 Å². The normalized spacial score (nSPS) is 15.2. The van der Waals surface area contributed by atoms with Gasteiger partial charge in [-0.3, -0.25) is 0 Å². The molecular weight excluding hydrogens is 591 g/mol. The van der Waals surface area contributed by atoms with E-state index in [0.717, 1.165) is 17.8 Å². The molecule has 1 aliphatic heterocycles. The van der Waals surface area contributed by atoms with Crippen LogP contribution in [0.15, 0.2) is 66.9 Å². The van der Waals surface area contributed by atoms with Crippen molar-refractivity contribution in [1.82, 2.24) is 19.9 Å². The molecule has 2 aromatic heterocycles. The highest BCUT2D eigenvalue weighted by Crippen LogP contribution is 2.44. The van der Waals surface area contributed by atoms with Gasteiger partial charge in [-0.15, -0.1) is 11.3 Å². The van der Waals surface area contributed by atoms with Crippen LogP contribution in [0.2, 0.25) is 0 Å². The van der Waals surface area contributed by atoms with Crippen molar-refractivity contribution in [3.05, 3.63) is 77.4 Å². The maximum Gasteiger partial charge on any atom is 0.416 e. The van der Waals surface area contributed by atoms with E-state index in [4.69, 9.17) is 14.7 Å². The van der Waals surface area contributed by atoms with E-state index in [2.05, 4.69) is 4.98 Å². The molecule has 1 fully saturated rings. The minimum absolute atomic E-state index is 0.188. The number of thiazole rings is 1. The number of carbonyl (C=O) groups excluding carboxylic acids is 1. The highest BCUT2D eigenvalue weighted by molar-refractivity contribution is 7.15. The van der Waals surface area contributed by atoms with Crippen LogP contribution in [0.3, 0.4) is 0 Å². The van der Waals surface area contributed by atoms with Crippen molar-refractivity contribution < 1.29 is 27.8 Å². The molecule has 1 N–H and O–H groups in total. The Kier molecular flexibility index (Phi) is 8.68. The van der Waals surface area contributed by atoms with Crippen LogP contribution in [0, 0.1) is 0 Å². The van der Waals surface area contributed by atoms with E-state index >= 15 is 0 Å². The molecule has 1 aliphatic rings. The van der Waals surface area contributed by atoms with Crippen LogP contribution in [-0.2, 0) is 16.5 Å². The van der Waals surface area contributed by atoms with Gasteiger partial charge in [0.2, 0.25) is 5.95 Å². The topological polar surface area (TPSA) is 91.7 Å². The number of hydrogen-bond acceptors (Lipinski definition) is 8. The van der Waals surface area contributed by atoms with Gasteiger partial charge < -0.3 is 19.6 Å².